The molecule has 1 saturated carbocycles. The summed E-state index contributed by atoms with van der Waals surface area (Å²) in [4.78, 5) is 5.21. The Morgan fingerprint density at radius 2 is 1.76 bits per heavy atom. The minimum Gasteiger partial charge on any atom is -0.329 e. The van der Waals surface area contributed by atoms with Crippen molar-refractivity contribution in [3.63, 3.8) is 0 Å². The molecule has 3 heteroatoms. The Kier molecular flexibility index (Phi) is 4.63. The van der Waals surface area contributed by atoms with E-state index in [4.69, 9.17) is 5.73 Å². The lowest BCUT2D eigenvalue weighted by molar-refractivity contribution is 0.0356. The van der Waals surface area contributed by atoms with Crippen LogP contribution in [0.1, 0.15) is 31.7 Å². The van der Waals surface area contributed by atoms with E-state index < -0.39 is 0 Å². The summed E-state index contributed by atoms with van der Waals surface area (Å²) in [6.45, 7) is 8.89. The molecule has 0 amide bonds. The van der Waals surface area contributed by atoms with Crippen molar-refractivity contribution in [3.8, 4) is 0 Å². The van der Waals surface area contributed by atoms with Crippen molar-refractivity contribution in [1.82, 2.24) is 9.80 Å². The van der Waals surface area contributed by atoms with Gasteiger partial charge in [-0.2, -0.15) is 0 Å². The Balaban J connectivity index is 1.52. The highest BCUT2D eigenvalue weighted by Gasteiger charge is 2.37. The maximum atomic E-state index is 6.12. The lowest BCUT2D eigenvalue weighted by Crippen LogP contribution is -2.58. The van der Waals surface area contributed by atoms with Crippen molar-refractivity contribution in [2.24, 2.45) is 11.7 Å². The highest BCUT2D eigenvalue weighted by atomic mass is 15.3. The van der Waals surface area contributed by atoms with Crippen LogP contribution in [0.5, 0.6) is 0 Å². The molecule has 0 spiro atoms. The Morgan fingerprint density at radius 3 is 2.33 bits per heavy atom. The number of piperazine rings is 1. The minimum atomic E-state index is 0.222. The molecule has 1 aliphatic carbocycles. The number of hydrogen-bond acceptors (Lipinski definition) is 3. The summed E-state index contributed by atoms with van der Waals surface area (Å²) < 4.78 is 0. The van der Waals surface area contributed by atoms with Gasteiger partial charge >= 0.3 is 0 Å². The van der Waals surface area contributed by atoms with E-state index in [0.29, 0.717) is 0 Å². The zero-order valence-electron chi connectivity index (χ0n) is 13.3. The molecular weight excluding hydrogens is 258 g/mol. The molecule has 3 nitrogen and oxygen atoms in total. The van der Waals surface area contributed by atoms with Crippen molar-refractivity contribution >= 4 is 0 Å². The molecule has 21 heavy (non-hydrogen) atoms. The molecule has 1 heterocycles. The van der Waals surface area contributed by atoms with Gasteiger partial charge in [-0.25, -0.2) is 0 Å². The molecule has 2 aliphatic rings. The first-order valence-corrected chi connectivity index (χ1v) is 8.41. The Morgan fingerprint density at radius 1 is 1.10 bits per heavy atom. The van der Waals surface area contributed by atoms with Crippen LogP contribution >= 0.6 is 0 Å². The maximum Gasteiger partial charge on any atom is 0.0307 e. The predicted octanol–water partition coefficient (Wildman–Crippen LogP) is 2.32. The Hall–Kier alpha value is -0.900. The molecule has 116 valence electrons. The maximum absolute atomic E-state index is 6.12. The first kappa shape index (κ1) is 15.0. The average Bonchev–Trinajstić information content (AvgIpc) is 3.33. The summed E-state index contributed by atoms with van der Waals surface area (Å²) >= 11 is 0. The Labute approximate surface area is 129 Å². The SMILES string of the molecule is CC(CN)(CC1CC1)N1CCN(Cc2ccccc2)CC1. The molecule has 0 bridgehead atoms. The summed E-state index contributed by atoms with van der Waals surface area (Å²) in [5.41, 5.74) is 7.76. The second kappa shape index (κ2) is 6.47. The molecule has 0 radical (unpaired) electrons. The Bertz CT molecular complexity index is 435. The standard InChI is InChI=1S/C18H29N3/c1-18(15-19,13-16-7-8-16)21-11-9-20(10-12-21)14-17-5-3-2-4-6-17/h2-6,16H,7-15,19H2,1H3. The molecule has 1 aromatic rings. The first-order valence-electron chi connectivity index (χ1n) is 8.41. The topological polar surface area (TPSA) is 32.5 Å². The van der Waals surface area contributed by atoms with E-state index >= 15 is 0 Å². The molecule has 0 aromatic heterocycles. The first-order chi connectivity index (χ1) is 10.2. The van der Waals surface area contributed by atoms with Gasteiger partial charge in [0, 0.05) is 44.8 Å². The van der Waals surface area contributed by atoms with Gasteiger partial charge in [-0.05, 0) is 24.8 Å². The van der Waals surface area contributed by atoms with E-state index in [9.17, 15) is 0 Å². The van der Waals surface area contributed by atoms with Gasteiger partial charge in [0.2, 0.25) is 0 Å². The van der Waals surface area contributed by atoms with Crippen molar-refractivity contribution in [2.45, 2.75) is 38.3 Å². The summed E-state index contributed by atoms with van der Waals surface area (Å²) in [6.07, 6.45) is 4.13. The largest absolute Gasteiger partial charge is 0.329 e. The van der Waals surface area contributed by atoms with E-state index in [1.165, 1.54) is 24.8 Å². The monoisotopic (exact) mass is 287 g/mol. The highest BCUT2D eigenvalue weighted by Crippen LogP contribution is 2.38. The van der Waals surface area contributed by atoms with Gasteiger partial charge in [0.15, 0.2) is 0 Å². The average molecular weight is 287 g/mol. The van der Waals surface area contributed by atoms with Crippen LogP contribution in [0, 0.1) is 5.92 Å². The van der Waals surface area contributed by atoms with Gasteiger partial charge in [0.25, 0.3) is 0 Å². The van der Waals surface area contributed by atoms with E-state index in [2.05, 4.69) is 47.1 Å². The summed E-state index contributed by atoms with van der Waals surface area (Å²) in [5.74, 6) is 0.945. The van der Waals surface area contributed by atoms with Crippen molar-refractivity contribution in [1.29, 1.82) is 0 Å². The fourth-order valence-electron chi connectivity index (χ4n) is 3.57. The molecule has 2 fully saturated rings. The molecule has 1 saturated heterocycles. The second-order valence-electron chi connectivity index (χ2n) is 7.10. The van der Waals surface area contributed by atoms with Gasteiger partial charge in [-0.1, -0.05) is 43.2 Å². The molecule has 1 aliphatic heterocycles. The van der Waals surface area contributed by atoms with Gasteiger partial charge in [0.05, 0.1) is 0 Å². The quantitative estimate of drug-likeness (QED) is 0.871. The predicted molar refractivity (Wildman–Crippen MR) is 88.1 cm³/mol. The second-order valence-corrected chi connectivity index (χ2v) is 7.10. The molecule has 2 N–H and O–H groups in total. The van der Waals surface area contributed by atoms with Crippen LogP contribution in [0.2, 0.25) is 0 Å². The third-order valence-corrected chi connectivity index (χ3v) is 5.25. The molecule has 1 aromatic carbocycles. The summed E-state index contributed by atoms with van der Waals surface area (Å²) in [5, 5.41) is 0. The lowest BCUT2D eigenvalue weighted by atomic mass is 9.91. The van der Waals surface area contributed by atoms with Crippen LogP contribution < -0.4 is 5.73 Å². The lowest BCUT2D eigenvalue weighted by Gasteiger charge is -2.46. The zero-order chi connectivity index (χ0) is 14.7. The van der Waals surface area contributed by atoms with Crippen LogP contribution in [0.3, 0.4) is 0 Å². The van der Waals surface area contributed by atoms with E-state index in [0.717, 1.165) is 45.2 Å². The smallest absolute Gasteiger partial charge is 0.0307 e. The molecule has 1 unspecified atom stereocenters. The van der Waals surface area contributed by atoms with Crippen LogP contribution in [-0.4, -0.2) is 48.1 Å². The zero-order valence-corrected chi connectivity index (χ0v) is 13.3. The molecule has 3 rings (SSSR count). The van der Waals surface area contributed by atoms with E-state index in [-0.39, 0.29) is 5.54 Å². The fraction of sp³-hybridized carbons (Fsp3) is 0.667. The third kappa shape index (κ3) is 3.85. The fourth-order valence-corrected chi connectivity index (χ4v) is 3.57. The van der Waals surface area contributed by atoms with Crippen LogP contribution in [0.4, 0.5) is 0 Å². The highest BCUT2D eigenvalue weighted by molar-refractivity contribution is 5.14. The van der Waals surface area contributed by atoms with Crippen LogP contribution in [0.15, 0.2) is 30.3 Å². The number of hydrogen-bond donors (Lipinski definition) is 1. The van der Waals surface area contributed by atoms with E-state index in [1.54, 1.807) is 0 Å². The number of rotatable bonds is 6. The molecule has 1 atom stereocenters. The minimum absolute atomic E-state index is 0.222. The number of benzene rings is 1. The summed E-state index contributed by atoms with van der Waals surface area (Å²) in [6, 6.07) is 10.8. The van der Waals surface area contributed by atoms with Gasteiger partial charge in [-0.15, -0.1) is 0 Å². The van der Waals surface area contributed by atoms with E-state index in [1.807, 2.05) is 0 Å². The number of nitrogens with zero attached hydrogens (tertiary/aromatic N) is 2. The van der Waals surface area contributed by atoms with Gasteiger partial charge in [-0.3, -0.25) is 9.80 Å². The normalized spacial score (nSPS) is 23.9. The summed E-state index contributed by atoms with van der Waals surface area (Å²) in [7, 11) is 0. The van der Waals surface area contributed by atoms with Crippen LogP contribution in [0.25, 0.3) is 0 Å². The van der Waals surface area contributed by atoms with Crippen molar-refractivity contribution in [3.05, 3.63) is 35.9 Å². The van der Waals surface area contributed by atoms with Gasteiger partial charge in [0.1, 0.15) is 0 Å². The van der Waals surface area contributed by atoms with Crippen LogP contribution in [-0.2, 0) is 6.54 Å². The third-order valence-electron chi connectivity index (χ3n) is 5.25. The van der Waals surface area contributed by atoms with Crippen molar-refractivity contribution < 1.29 is 0 Å². The molecular formula is C18H29N3. The number of nitrogens with two attached hydrogens (primary N) is 1. The van der Waals surface area contributed by atoms with Gasteiger partial charge < -0.3 is 5.73 Å². The van der Waals surface area contributed by atoms with Crippen molar-refractivity contribution in [2.75, 3.05) is 32.7 Å².